The number of hydrogen-bond donors (Lipinski definition) is 0. The summed E-state index contributed by atoms with van der Waals surface area (Å²) in [6.45, 7) is 0. The number of alkyl halides is 3. The highest BCUT2D eigenvalue weighted by Gasteiger charge is 2.34. The first-order chi connectivity index (χ1) is 7.52. The summed E-state index contributed by atoms with van der Waals surface area (Å²) in [4.78, 5) is 3.18. The molecule has 2 rings (SSSR count). The van der Waals surface area contributed by atoms with Crippen molar-refractivity contribution >= 4 is 27.3 Å². The van der Waals surface area contributed by atoms with E-state index in [1.54, 1.807) is 11.3 Å². The Hall–Kier alpha value is -0.880. The molecule has 0 aromatic carbocycles. The summed E-state index contributed by atoms with van der Waals surface area (Å²) in [5.74, 6) is 0. The van der Waals surface area contributed by atoms with Crippen LogP contribution in [0.3, 0.4) is 0 Å². The van der Waals surface area contributed by atoms with Gasteiger partial charge in [-0.1, -0.05) is 12.1 Å². The fourth-order valence-corrected chi connectivity index (χ4v) is 1.75. The van der Waals surface area contributed by atoms with E-state index in [1.165, 1.54) is 12.1 Å². The van der Waals surface area contributed by atoms with Crippen molar-refractivity contribution in [3.63, 3.8) is 0 Å². The molecular formula is C10H7BrF3NS. The van der Waals surface area contributed by atoms with Gasteiger partial charge in [0, 0.05) is 10.7 Å². The molecule has 2 aromatic heterocycles. The third-order valence-electron chi connectivity index (χ3n) is 1.45. The fourth-order valence-electron chi connectivity index (χ4n) is 0.821. The molecule has 0 saturated carbocycles. The van der Waals surface area contributed by atoms with Crippen LogP contribution >= 0.6 is 27.3 Å². The topological polar surface area (TPSA) is 12.9 Å². The highest BCUT2D eigenvalue weighted by atomic mass is 79.9. The van der Waals surface area contributed by atoms with E-state index < -0.39 is 11.9 Å². The van der Waals surface area contributed by atoms with Crippen molar-refractivity contribution in [1.29, 1.82) is 0 Å². The van der Waals surface area contributed by atoms with Crippen LogP contribution in [0.15, 0.2) is 45.7 Å². The second-order valence-electron chi connectivity index (χ2n) is 2.62. The SMILES string of the molecule is FC(F)(F)c1ncccc1Br.c1ccsc1. The largest absolute Gasteiger partial charge is 0.434 e. The lowest BCUT2D eigenvalue weighted by atomic mass is 10.3. The molecule has 0 atom stereocenters. The lowest BCUT2D eigenvalue weighted by Crippen LogP contribution is -2.08. The third kappa shape index (κ3) is 4.32. The summed E-state index contributed by atoms with van der Waals surface area (Å²) < 4.78 is 35.8. The summed E-state index contributed by atoms with van der Waals surface area (Å²) in [6, 6.07) is 6.77. The summed E-state index contributed by atoms with van der Waals surface area (Å²) in [7, 11) is 0. The number of aromatic nitrogens is 1. The fraction of sp³-hybridized carbons (Fsp3) is 0.100. The first-order valence-electron chi connectivity index (χ1n) is 4.16. The lowest BCUT2D eigenvalue weighted by Gasteiger charge is -2.05. The standard InChI is InChI=1S/C6H3BrF3N.C4H4S/c7-4-2-1-3-11-5(4)6(8,9)10;1-2-4-5-3-1/h1-3H;1-4H. The molecule has 0 aliphatic rings. The van der Waals surface area contributed by atoms with Crippen molar-refractivity contribution in [1.82, 2.24) is 4.98 Å². The van der Waals surface area contributed by atoms with Crippen LogP contribution in [0.1, 0.15) is 5.69 Å². The Balaban J connectivity index is 0.000000212. The van der Waals surface area contributed by atoms with E-state index in [-0.39, 0.29) is 4.47 Å². The average molecular weight is 310 g/mol. The quantitative estimate of drug-likeness (QED) is 0.692. The molecule has 0 bridgehead atoms. The molecule has 0 unspecified atom stereocenters. The molecule has 86 valence electrons. The molecule has 6 heteroatoms. The number of pyridine rings is 1. The van der Waals surface area contributed by atoms with Crippen LogP contribution in [0.4, 0.5) is 13.2 Å². The highest BCUT2D eigenvalue weighted by molar-refractivity contribution is 9.10. The third-order valence-corrected chi connectivity index (χ3v) is 2.72. The molecule has 0 aliphatic carbocycles. The van der Waals surface area contributed by atoms with Crippen molar-refractivity contribution in [2.24, 2.45) is 0 Å². The van der Waals surface area contributed by atoms with Gasteiger partial charge < -0.3 is 0 Å². The zero-order valence-electron chi connectivity index (χ0n) is 7.91. The van der Waals surface area contributed by atoms with Gasteiger partial charge in [0.25, 0.3) is 0 Å². The Morgan fingerprint density at radius 3 is 2.06 bits per heavy atom. The molecule has 16 heavy (non-hydrogen) atoms. The first kappa shape index (κ1) is 13.2. The van der Waals surface area contributed by atoms with Gasteiger partial charge in [0.1, 0.15) is 0 Å². The van der Waals surface area contributed by atoms with Gasteiger partial charge in [0.15, 0.2) is 5.69 Å². The molecule has 0 radical (unpaired) electrons. The minimum Gasteiger partial charge on any atom is -0.251 e. The maximum atomic E-state index is 12.0. The lowest BCUT2D eigenvalue weighted by molar-refractivity contribution is -0.141. The number of thiophene rings is 1. The van der Waals surface area contributed by atoms with Gasteiger partial charge in [-0.05, 0) is 38.8 Å². The number of hydrogen-bond acceptors (Lipinski definition) is 2. The summed E-state index contributed by atoms with van der Waals surface area (Å²) in [5, 5.41) is 4.08. The van der Waals surface area contributed by atoms with Crippen LogP contribution < -0.4 is 0 Å². The summed E-state index contributed by atoms with van der Waals surface area (Å²) in [6.07, 6.45) is -3.27. The van der Waals surface area contributed by atoms with Crippen molar-refractivity contribution in [2.75, 3.05) is 0 Å². The molecule has 0 saturated heterocycles. The van der Waals surface area contributed by atoms with E-state index in [1.807, 2.05) is 22.9 Å². The first-order valence-corrected chi connectivity index (χ1v) is 5.90. The molecule has 0 amide bonds. The van der Waals surface area contributed by atoms with Gasteiger partial charge in [0.2, 0.25) is 0 Å². The van der Waals surface area contributed by atoms with E-state index in [4.69, 9.17) is 0 Å². The zero-order chi connectivity index (χ0) is 12.0. The summed E-state index contributed by atoms with van der Waals surface area (Å²) >= 11 is 4.46. The molecule has 1 nitrogen and oxygen atoms in total. The minimum atomic E-state index is -4.37. The minimum absolute atomic E-state index is 0.0347. The van der Waals surface area contributed by atoms with Gasteiger partial charge >= 0.3 is 6.18 Å². The number of rotatable bonds is 0. The van der Waals surface area contributed by atoms with Gasteiger partial charge in [0.05, 0.1) is 0 Å². The van der Waals surface area contributed by atoms with E-state index in [0.29, 0.717) is 0 Å². The van der Waals surface area contributed by atoms with Crippen LogP contribution in [0.5, 0.6) is 0 Å². The molecular weight excluding hydrogens is 303 g/mol. The summed E-state index contributed by atoms with van der Waals surface area (Å²) in [5.41, 5.74) is -0.889. The highest BCUT2D eigenvalue weighted by Crippen LogP contribution is 2.32. The molecule has 2 aromatic rings. The number of halogens is 4. The van der Waals surface area contributed by atoms with Crippen molar-refractivity contribution in [3.05, 3.63) is 51.4 Å². The monoisotopic (exact) mass is 309 g/mol. The van der Waals surface area contributed by atoms with Crippen molar-refractivity contribution in [2.45, 2.75) is 6.18 Å². The molecule has 2 heterocycles. The molecule has 0 spiro atoms. The van der Waals surface area contributed by atoms with Crippen LogP contribution in [0, 0.1) is 0 Å². The molecule has 0 fully saturated rings. The maximum absolute atomic E-state index is 12.0. The number of nitrogens with zero attached hydrogens (tertiary/aromatic N) is 1. The van der Waals surface area contributed by atoms with Crippen LogP contribution in [-0.2, 0) is 6.18 Å². The van der Waals surface area contributed by atoms with Gasteiger partial charge in [-0.15, -0.1) is 0 Å². The smallest absolute Gasteiger partial charge is 0.251 e. The van der Waals surface area contributed by atoms with Crippen molar-refractivity contribution < 1.29 is 13.2 Å². The van der Waals surface area contributed by atoms with Crippen LogP contribution in [-0.4, -0.2) is 4.98 Å². The Morgan fingerprint density at radius 1 is 1.12 bits per heavy atom. The maximum Gasteiger partial charge on any atom is 0.434 e. The van der Waals surface area contributed by atoms with Gasteiger partial charge in [-0.3, -0.25) is 4.98 Å². The van der Waals surface area contributed by atoms with Gasteiger partial charge in [-0.25, -0.2) is 0 Å². The zero-order valence-corrected chi connectivity index (χ0v) is 10.3. The molecule has 0 aliphatic heterocycles. The molecule has 0 N–H and O–H groups in total. The van der Waals surface area contributed by atoms with E-state index >= 15 is 0 Å². The van der Waals surface area contributed by atoms with Crippen LogP contribution in [0.2, 0.25) is 0 Å². The Morgan fingerprint density at radius 2 is 1.75 bits per heavy atom. The second-order valence-corrected chi connectivity index (χ2v) is 4.30. The van der Waals surface area contributed by atoms with Gasteiger partial charge in [-0.2, -0.15) is 24.5 Å². The Kier molecular flexibility index (Phi) is 4.95. The Bertz CT molecular complexity index is 397. The van der Waals surface area contributed by atoms with E-state index in [2.05, 4.69) is 20.9 Å². The van der Waals surface area contributed by atoms with Crippen molar-refractivity contribution in [3.8, 4) is 0 Å². The second kappa shape index (κ2) is 6.00. The van der Waals surface area contributed by atoms with E-state index in [9.17, 15) is 13.2 Å². The Labute approximate surface area is 103 Å². The van der Waals surface area contributed by atoms with Crippen LogP contribution in [0.25, 0.3) is 0 Å². The normalized spacial score (nSPS) is 10.5. The predicted octanol–water partition coefficient (Wildman–Crippen LogP) is 4.61. The predicted molar refractivity (Wildman–Crippen MR) is 61.3 cm³/mol. The van der Waals surface area contributed by atoms with E-state index in [0.717, 1.165) is 6.20 Å². The average Bonchev–Trinajstić information content (AvgIpc) is 2.74.